The lowest BCUT2D eigenvalue weighted by atomic mass is 10.2. The van der Waals surface area contributed by atoms with E-state index in [0.717, 1.165) is 6.07 Å². The Labute approximate surface area is 139 Å². The molecule has 0 bridgehead atoms. The molecule has 8 heteroatoms. The van der Waals surface area contributed by atoms with Crippen LogP contribution in [0, 0.1) is 17.0 Å². The number of anilines is 1. The van der Waals surface area contributed by atoms with Crippen molar-refractivity contribution in [2.45, 2.75) is 18.7 Å². The topological polar surface area (TPSA) is 80.5 Å². The lowest BCUT2D eigenvalue weighted by Crippen LogP contribution is -2.31. The summed E-state index contributed by atoms with van der Waals surface area (Å²) in [5.74, 6) is 0. The van der Waals surface area contributed by atoms with Gasteiger partial charge in [-0.05, 0) is 43.7 Å². The van der Waals surface area contributed by atoms with E-state index in [4.69, 9.17) is 11.6 Å². The quantitative estimate of drug-likeness (QED) is 0.604. The van der Waals surface area contributed by atoms with Crippen LogP contribution in [0.25, 0.3) is 0 Å². The van der Waals surface area contributed by atoms with E-state index in [1.807, 2.05) is 0 Å². The number of hydrogen-bond donors (Lipinski definition) is 0. The number of aryl methyl sites for hydroxylation is 1. The van der Waals surface area contributed by atoms with Crippen LogP contribution in [0.15, 0.2) is 47.4 Å². The summed E-state index contributed by atoms with van der Waals surface area (Å²) < 4.78 is 27.0. The van der Waals surface area contributed by atoms with Crippen LogP contribution in [0.4, 0.5) is 11.4 Å². The van der Waals surface area contributed by atoms with E-state index in [9.17, 15) is 18.5 Å². The van der Waals surface area contributed by atoms with Crippen molar-refractivity contribution in [3.05, 3.63) is 63.2 Å². The fourth-order valence-corrected chi connectivity index (χ4v) is 4.04. The number of sulfonamides is 1. The lowest BCUT2D eigenvalue weighted by Gasteiger charge is -2.23. The summed E-state index contributed by atoms with van der Waals surface area (Å²) in [5, 5.41) is 11.4. The van der Waals surface area contributed by atoms with Crippen molar-refractivity contribution < 1.29 is 13.3 Å². The summed E-state index contributed by atoms with van der Waals surface area (Å²) in [5.41, 5.74) is 0.632. The summed E-state index contributed by atoms with van der Waals surface area (Å²) >= 11 is 5.83. The fourth-order valence-electron chi connectivity index (χ4n) is 2.20. The zero-order valence-corrected chi connectivity index (χ0v) is 14.1. The summed E-state index contributed by atoms with van der Waals surface area (Å²) in [6.07, 6.45) is 0. The maximum atomic E-state index is 12.9. The standard InChI is InChI=1S/C15H15ClN2O4S/c1-3-17(13-8-5-12(16)6-9-13)23(21,22)15-10-14(18(19)20)7-4-11(15)2/h4-10H,3H2,1-2H3. The SMILES string of the molecule is CCN(c1ccc(Cl)cc1)S(=O)(=O)c1cc([N+](=O)[O-])ccc1C. The number of rotatable bonds is 5. The zero-order chi connectivity index (χ0) is 17.2. The number of nitro groups is 1. The Morgan fingerprint density at radius 1 is 1.17 bits per heavy atom. The molecule has 0 N–H and O–H groups in total. The van der Waals surface area contributed by atoms with Crippen LogP contribution in [-0.4, -0.2) is 19.9 Å². The van der Waals surface area contributed by atoms with Crippen molar-refractivity contribution >= 4 is 33.0 Å². The first kappa shape index (κ1) is 17.2. The largest absolute Gasteiger partial charge is 0.270 e. The fraction of sp³-hybridized carbons (Fsp3) is 0.200. The minimum Gasteiger partial charge on any atom is -0.267 e. The van der Waals surface area contributed by atoms with Gasteiger partial charge in [-0.1, -0.05) is 17.7 Å². The van der Waals surface area contributed by atoms with Crippen molar-refractivity contribution in [1.29, 1.82) is 0 Å². The van der Waals surface area contributed by atoms with Crippen molar-refractivity contribution in [2.75, 3.05) is 10.8 Å². The van der Waals surface area contributed by atoms with Gasteiger partial charge in [0.1, 0.15) is 0 Å². The van der Waals surface area contributed by atoms with E-state index in [1.165, 1.54) is 16.4 Å². The van der Waals surface area contributed by atoms with Gasteiger partial charge in [0.05, 0.1) is 15.5 Å². The summed E-state index contributed by atoms with van der Waals surface area (Å²) in [7, 11) is -3.92. The molecule has 0 amide bonds. The second kappa shape index (κ2) is 6.55. The molecule has 0 aliphatic heterocycles. The van der Waals surface area contributed by atoms with Gasteiger partial charge in [0.2, 0.25) is 0 Å². The van der Waals surface area contributed by atoms with Crippen molar-refractivity contribution in [3.63, 3.8) is 0 Å². The molecule has 0 heterocycles. The van der Waals surface area contributed by atoms with Gasteiger partial charge in [-0.25, -0.2) is 8.42 Å². The molecule has 2 aromatic rings. The Kier molecular flexibility index (Phi) is 4.91. The average molecular weight is 355 g/mol. The predicted molar refractivity (Wildman–Crippen MR) is 89.5 cm³/mol. The minimum absolute atomic E-state index is 0.0801. The summed E-state index contributed by atoms with van der Waals surface area (Å²) in [4.78, 5) is 10.2. The predicted octanol–water partition coefficient (Wildman–Crippen LogP) is 3.77. The highest BCUT2D eigenvalue weighted by Crippen LogP contribution is 2.29. The van der Waals surface area contributed by atoms with E-state index in [0.29, 0.717) is 16.3 Å². The van der Waals surface area contributed by atoms with Gasteiger partial charge in [0.15, 0.2) is 0 Å². The van der Waals surface area contributed by atoms with E-state index < -0.39 is 14.9 Å². The van der Waals surface area contributed by atoms with Crippen LogP contribution >= 0.6 is 11.6 Å². The molecule has 122 valence electrons. The van der Waals surface area contributed by atoms with Crippen LogP contribution in [0.1, 0.15) is 12.5 Å². The molecule has 0 saturated heterocycles. The first-order valence-electron chi connectivity index (χ1n) is 6.80. The first-order chi connectivity index (χ1) is 10.8. The molecule has 0 aromatic heterocycles. The molecular formula is C15H15ClN2O4S. The third-order valence-electron chi connectivity index (χ3n) is 3.35. The van der Waals surface area contributed by atoms with E-state index in [2.05, 4.69) is 0 Å². The average Bonchev–Trinajstić information content (AvgIpc) is 2.49. The molecule has 0 aliphatic rings. The zero-order valence-electron chi connectivity index (χ0n) is 12.6. The lowest BCUT2D eigenvalue weighted by molar-refractivity contribution is -0.385. The van der Waals surface area contributed by atoms with Crippen molar-refractivity contribution in [2.24, 2.45) is 0 Å². The van der Waals surface area contributed by atoms with Crippen LogP contribution < -0.4 is 4.31 Å². The normalized spacial score (nSPS) is 11.3. The Balaban J connectivity index is 2.57. The number of nitro benzene ring substituents is 1. The molecule has 2 aromatic carbocycles. The molecule has 0 fully saturated rings. The second-order valence-electron chi connectivity index (χ2n) is 4.85. The number of nitrogens with zero attached hydrogens (tertiary/aromatic N) is 2. The Morgan fingerprint density at radius 3 is 2.30 bits per heavy atom. The molecule has 0 saturated carbocycles. The van der Waals surface area contributed by atoms with Gasteiger partial charge in [0.25, 0.3) is 15.7 Å². The number of benzene rings is 2. The highest BCUT2D eigenvalue weighted by Gasteiger charge is 2.27. The van der Waals surface area contributed by atoms with Crippen molar-refractivity contribution in [3.8, 4) is 0 Å². The summed E-state index contributed by atoms with van der Waals surface area (Å²) in [6.45, 7) is 3.48. The van der Waals surface area contributed by atoms with E-state index >= 15 is 0 Å². The van der Waals surface area contributed by atoms with E-state index in [1.54, 1.807) is 38.1 Å². The van der Waals surface area contributed by atoms with Gasteiger partial charge in [-0.2, -0.15) is 0 Å². The minimum atomic E-state index is -3.92. The molecular weight excluding hydrogens is 340 g/mol. The molecule has 0 radical (unpaired) electrons. The van der Waals surface area contributed by atoms with Gasteiger partial charge >= 0.3 is 0 Å². The van der Waals surface area contributed by atoms with Crippen LogP contribution in [-0.2, 0) is 10.0 Å². The van der Waals surface area contributed by atoms with Gasteiger partial charge in [-0.15, -0.1) is 0 Å². The van der Waals surface area contributed by atoms with E-state index in [-0.39, 0.29) is 17.1 Å². The number of hydrogen-bond acceptors (Lipinski definition) is 4. The maximum absolute atomic E-state index is 12.9. The van der Waals surface area contributed by atoms with Gasteiger partial charge in [0, 0.05) is 23.7 Å². The molecule has 2 rings (SSSR count). The highest BCUT2D eigenvalue weighted by molar-refractivity contribution is 7.92. The summed E-state index contributed by atoms with van der Waals surface area (Å²) in [6, 6.07) is 10.2. The molecule has 0 spiro atoms. The first-order valence-corrected chi connectivity index (χ1v) is 8.62. The van der Waals surface area contributed by atoms with Crippen LogP contribution in [0.2, 0.25) is 5.02 Å². The van der Waals surface area contributed by atoms with Crippen molar-refractivity contribution in [1.82, 2.24) is 0 Å². The Bertz CT molecular complexity index is 835. The smallest absolute Gasteiger partial charge is 0.267 e. The highest BCUT2D eigenvalue weighted by atomic mass is 35.5. The van der Waals surface area contributed by atoms with Gasteiger partial charge < -0.3 is 0 Å². The molecule has 0 unspecified atom stereocenters. The van der Waals surface area contributed by atoms with Crippen LogP contribution in [0.5, 0.6) is 0 Å². The third kappa shape index (κ3) is 3.46. The molecule has 23 heavy (non-hydrogen) atoms. The molecule has 6 nitrogen and oxygen atoms in total. The number of non-ortho nitro benzene ring substituents is 1. The Hall–Kier alpha value is -2.12. The maximum Gasteiger partial charge on any atom is 0.270 e. The number of halogens is 1. The second-order valence-corrected chi connectivity index (χ2v) is 7.12. The molecule has 0 atom stereocenters. The monoisotopic (exact) mass is 354 g/mol. The van der Waals surface area contributed by atoms with Crippen LogP contribution in [0.3, 0.4) is 0 Å². The Morgan fingerprint density at radius 2 is 1.78 bits per heavy atom. The third-order valence-corrected chi connectivity index (χ3v) is 5.65. The van der Waals surface area contributed by atoms with Gasteiger partial charge in [-0.3, -0.25) is 14.4 Å². The molecule has 0 aliphatic carbocycles.